The third-order valence-corrected chi connectivity index (χ3v) is 2.79. The quantitative estimate of drug-likeness (QED) is 0.802. The van der Waals surface area contributed by atoms with Crippen LogP contribution < -0.4 is 10.1 Å². The number of hydrogen-bond acceptors (Lipinski definition) is 2. The van der Waals surface area contributed by atoms with E-state index in [0.29, 0.717) is 18.4 Å². The van der Waals surface area contributed by atoms with E-state index in [1.54, 1.807) is 12.1 Å². The molecular weight excluding hydrogens is 193 g/mol. The van der Waals surface area contributed by atoms with E-state index in [4.69, 9.17) is 4.74 Å². The van der Waals surface area contributed by atoms with Crippen molar-refractivity contribution in [1.29, 1.82) is 0 Å². The molecule has 1 saturated carbocycles. The maximum absolute atomic E-state index is 12.8. The lowest BCUT2D eigenvalue weighted by Gasteiger charge is -2.16. The van der Waals surface area contributed by atoms with E-state index in [1.807, 2.05) is 7.05 Å². The van der Waals surface area contributed by atoms with E-state index in [1.165, 1.54) is 25.0 Å². The van der Waals surface area contributed by atoms with Gasteiger partial charge >= 0.3 is 0 Å². The number of nitrogens with one attached hydrogen (secondary N) is 1. The predicted molar refractivity (Wildman–Crippen MR) is 57.5 cm³/mol. The van der Waals surface area contributed by atoms with Crippen molar-refractivity contribution in [3.63, 3.8) is 0 Å². The van der Waals surface area contributed by atoms with Gasteiger partial charge in [-0.3, -0.25) is 0 Å². The molecule has 1 aromatic rings. The lowest BCUT2D eigenvalue weighted by Crippen LogP contribution is -2.33. The predicted octanol–water partition coefficient (Wildman–Crippen LogP) is 2.20. The van der Waals surface area contributed by atoms with Crippen molar-refractivity contribution in [2.45, 2.75) is 18.9 Å². The van der Waals surface area contributed by atoms with Crippen LogP contribution in [0.1, 0.15) is 12.8 Å². The minimum atomic E-state index is -0.250. The average molecular weight is 209 g/mol. The fraction of sp³-hybridized carbons (Fsp3) is 0.500. The average Bonchev–Trinajstić information content (AvgIpc) is 3.03. The number of ether oxygens (including phenoxy) is 1. The number of benzene rings is 1. The van der Waals surface area contributed by atoms with Crippen LogP contribution in [0.15, 0.2) is 24.3 Å². The Kier molecular flexibility index (Phi) is 3.21. The first kappa shape index (κ1) is 10.4. The van der Waals surface area contributed by atoms with Gasteiger partial charge in [0.15, 0.2) is 0 Å². The molecule has 2 nitrogen and oxygen atoms in total. The van der Waals surface area contributed by atoms with E-state index < -0.39 is 0 Å². The zero-order valence-corrected chi connectivity index (χ0v) is 8.87. The Bertz CT molecular complexity index is 325. The Morgan fingerprint density at radius 1 is 1.53 bits per heavy atom. The van der Waals surface area contributed by atoms with Crippen LogP contribution in [0.5, 0.6) is 5.75 Å². The molecule has 15 heavy (non-hydrogen) atoms. The van der Waals surface area contributed by atoms with Crippen LogP contribution in [0, 0.1) is 11.7 Å². The maximum Gasteiger partial charge on any atom is 0.126 e. The largest absolute Gasteiger partial charge is 0.492 e. The highest BCUT2D eigenvalue weighted by molar-refractivity contribution is 5.22. The molecule has 1 aliphatic rings. The molecule has 1 aliphatic carbocycles. The van der Waals surface area contributed by atoms with Crippen LogP contribution >= 0.6 is 0 Å². The normalized spacial score (nSPS) is 17.5. The molecule has 82 valence electrons. The highest BCUT2D eigenvalue weighted by atomic mass is 19.1. The monoisotopic (exact) mass is 209 g/mol. The Balaban J connectivity index is 1.86. The Morgan fingerprint density at radius 2 is 2.33 bits per heavy atom. The molecule has 0 aliphatic heterocycles. The summed E-state index contributed by atoms with van der Waals surface area (Å²) in [5.74, 6) is 1.10. The van der Waals surface area contributed by atoms with Crippen molar-refractivity contribution in [3.8, 4) is 5.75 Å². The van der Waals surface area contributed by atoms with Crippen LogP contribution in [-0.2, 0) is 0 Å². The van der Waals surface area contributed by atoms with Crippen molar-refractivity contribution in [2.24, 2.45) is 5.92 Å². The van der Waals surface area contributed by atoms with Crippen molar-refractivity contribution >= 4 is 0 Å². The zero-order valence-electron chi connectivity index (χ0n) is 8.87. The summed E-state index contributed by atoms with van der Waals surface area (Å²) in [7, 11) is 1.94. The zero-order chi connectivity index (χ0) is 10.7. The third kappa shape index (κ3) is 2.93. The molecule has 0 spiro atoms. The second-order valence-corrected chi connectivity index (χ2v) is 4.00. The first-order valence-corrected chi connectivity index (χ1v) is 5.35. The van der Waals surface area contributed by atoms with Crippen LogP contribution in [0.3, 0.4) is 0 Å². The molecule has 1 fully saturated rings. The van der Waals surface area contributed by atoms with Gasteiger partial charge in [-0.2, -0.15) is 0 Å². The van der Waals surface area contributed by atoms with E-state index in [2.05, 4.69) is 5.32 Å². The van der Waals surface area contributed by atoms with E-state index in [0.717, 1.165) is 5.92 Å². The lowest BCUT2D eigenvalue weighted by atomic mass is 10.2. The van der Waals surface area contributed by atoms with Gasteiger partial charge in [0.05, 0.1) is 0 Å². The summed E-state index contributed by atoms with van der Waals surface area (Å²) in [5, 5.41) is 3.23. The summed E-state index contributed by atoms with van der Waals surface area (Å²) in [6, 6.07) is 6.68. The molecule has 0 bridgehead atoms. The van der Waals surface area contributed by atoms with Crippen molar-refractivity contribution in [1.82, 2.24) is 5.32 Å². The highest BCUT2D eigenvalue weighted by Gasteiger charge is 2.30. The summed E-state index contributed by atoms with van der Waals surface area (Å²) < 4.78 is 18.4. The van der Waals surface area contributed by atoms with Crippen LogP contribution in [0.25, 0.3) is 0 Å². The van der Waals surface area contributed by atoms with Crippen molar-refractivity contribution in [3.05, 3.63) is 30.1 Å². The number of likely N-dealkylation sites (N-methyl/N-ethyl adjacent to an activating group) is 1. The Labute approximate surface area is 89.4 Å². The van der Waals surface area contributed by atoms with Gasteiger partial charge in [0, 0.05) is 12.1 Å². The van der Waals surface area contributed by atoms with Gasteiger partial charge in [-0.05, 0) is 37.9 Å². The summed E-state index contributed by atoms with van der Waals surface area (Å²) in [6.07, 6.45) is 2.55. The van der Waals surface area contributed by atoms with Gasteiger partial charge in [-0.15, -0.1) is 0 Å². The molecule has 0 amide bonds. The molecule has 3 heteroatoms. The Hall–Kier alpha value is -1.09. The summed E-state index contributed by atoms with van der Waals surface area (Å²) >= 11 is 0. The molecule has 1 N–H and O–H groups in total. The minimum Gasteiger partial charge on any atom is -0.492 e. The summed E-state index contributed by atoms with van der Waals surface area (Å²) in [6.45, 7) is 0.616. The van der Waals surface area contributed by atoms with Crippen LogP contribution in [0.4, 0.5) is 4.39 Å². The van der Waals surface area contributed by atoms with Gasteiger partial charge in [0.25, 0.3) is 0 Å². The molecule has 0 aromatic heterocycles. The summed E-state index contributed by atoms with van der Waals surface area (Å²) in [4.78, 5) is 0. The lowest BCUT2D eigenvalue weighted by molar-refractivity contribution is 0.255. The van der Waals surface area contributed by atoms with Crippen LogP contribution in [-0.4, -0.2) is 19.7 Å². The number of halogens is 1. The fourth-order valence-electron chi connectivity index (χ4n) is 1.70. The van der Waals surface area contributed by atoms with Gasteiger partial charge in [-0.1, -0.05) is 6.07 Å². The van der Waals surface area contributed by atoms with Crippen molar-refractivity contribution < 1.29 is 9.13 Å². The summed E-state index contributed by atoms with van der Waals surface area (Å²) in [5.41, 5.74) is 0. The van der Waals surface area contributed by atoms with Crippen molar-refractivity contribution in [2.75, 3.05) is 13.7 Å². The molecule has 1 atom stereocenters. The van der Waals surface area contributed by atoms with E-state index in [-0.39, 0.29) is 5.82 Å². The standard InChI is InChI=1S/C12H16FNO/c1-14-12(9-5-6-9)8-15-11-4-2-3-10(13)7-11/h2-4,7,9,12,14H,5-6,8H2,1H3/t12-/m0/s1. The van der Waals surface area contributed by atoms with E-state index >= 15 is 0 Å². The molecular formula is C12H16FNO. The molecule has 2 rings (SSSR count). The molecule has 0 heterocycles. The molecule has 1 aromatic carbocycles. The highest BCUT2D eigenvalue weighted by Crippen LogP contribution is 2.32. The minimum absolute atomic E-state index is 0.250. The fourth-order valence-corrected chi connectivity index (χ4v) is 1.70. The van der Waals surface area contributed by atoms with Crippen LogP contribution in [0.2, 0.25) is 0 Å². The molecule has 0 saturated heterocycles. The number of hydrogen-bond donors (Lipinski definition) is 1. The van der Waals surface area contributed by atoms with Gasteiger partial charge in [0.1, 0.15) is 18.2 Å². The molecule has 0 radical (unpaired) electrons. The topological polar surface area (TPSA) is 21.3 Å². The Morgan fingerprint density at radius 3 is 2.93 bits per heavy atom. The number of rotatable bonds is 5. The second-order valence-electron chi connectivity index (χ2n) is 4.00. The van der Waals surface area contributed by atoms with Gasteiger partial charge < -0.3 is 10.1 Å². The maximum atomic E-state index is 12.8. The van der Waals surface area contributed by atoms with Gasteiger partial charge in [-0.25, -0.2) is 4.39 Å². The smallest absolute Gasteiger partial charge is 0.126 e. The second kappa shape index (κ2) is 4.62. The first-order chi connectivity index (χ1) is 7.29. The van der Waals surface area contributed by atoms with Gasteiger partial charge in [0.2, 0.25) is 0 Å². The first-order valence-electron chi connectivity index (χ1n) is 5.35. The molecule has 0 unspecified atom stereocenters. The van der Waals surface area contributed by atoms with E-state index in [9.17, 15) is 4.39 Å². The SMILES string of the molecule is CN[C@@H](COc1cccc(F)c1)C1CC1. The third-order valence-electron chi connectivity index (χ3n) is 2.79.